The van der Waals surface area contributed by atoms with Crippen molar-refractivity contribution in [1.29, 1.82) is 0 Å². The highest BCUT2D eigenvalue weighted by Gasteiger charge is 2.42. The van der Waals surface area contributed by atoms with Crippen LogP contribution < -0.4 is 14.8 Å². The highest BCUT2D eigenvalue weighted by molar-refractivity contribution is 6.00. The summed E-state index contributed by atoms with van der Waals surface area (Å²) in [7, 11) is 0. The summed E-state index contributed by atoms with van der Waals surface area (Å²) in [5.74, 6) is 0.462. The van der Waals surface area contributed by atoms with Crippen LogP contribution in [0.4, 0.5) is 5.69 Å². The van der Waals surface area contributed by atoms with Crippen LogP contribution in [0.25, 0.3) is 0 Å². The minimum Gasteiger partial charge on any atom is -0.459 e. The van der Waals surface area contributed by atoms with E-state index in [4.69, 9.17) is 13.9 Å². The van der Waals surface area contributed by atoms with Gasteiger partial charge in [0.1, 0.15) is 6.04 Å². The summed E-state index contributed by atoms with van der Waals surface area (Å²) in [5, 5.41) is 2.99. The fourth-order valence-electron chi connectivity index (χ4n) is 5.20. The third-order valence-corrected chi connectivity index (χ3v) is 6.96. The van der Waals surface area contributed by atoms with Crippen molar-refractivity contribution in [3.63, 3.8) is 0 Å². The minimum atomic E-state index is -0.664. The highest BCUT2D eigenvalue weighted by atomic mass is 16.7. The number of rotatable bonds is 3. The van der Waals surface area contributed by atoms with Crippen LogP contribution in [-0.2, 0) is 17.8 Å². The largest absolute Gasteiger partial charge is 0.459 e. The molecule has 2 aliphatic heterocycles. The second-order valence-corrected chi connectivity index (χ2v) is 9.23. The fourth-order valence-corrected chi connectivity index (χ4v) is 5.20. The molecule has 0 radical (unpaired) electrons. The Hall–Kier alpha value is -3.74. The molecule has 7 heteroatoms. The van der Waals surface area contributed by atoms with Gasteiger partial charge in [0.25, 0.3) is 11.7 Å². The first kappa shape index (κ1) is 20.8. The van der Waals surface area contributed by atoms with Crippen LogP contribution in [-0.4, -0.2) is 28.5 Å². The highest BCUT2D eigenvalue weighted by Crippen LogP contribution is 2.46. The fraction of sp³-hybridized carbons (Fsp3) is 0.333. The van der Waals surface area contributed by atoms with Crippen molar-refractivity contribution < 1.29 is 23.5 Å². The molecule has 1 aliphatic carbocycles. The average Bonchev–Trinajstić information content (AvgIpc) is 3.51. The molecule has 1 aromatic heterocycles. The van der Waals surface area contributed by atoms with Crippen molar-refractivity contribution in [2.24, 2.45) is 0 Å². The Morgan fingerprint density at radius 3 is 2.50 bits per heavy atom. The SMILES string of the molecule is O=C(Nc1ccc2c(c1)OC1(CCCCC1)O2)C1Cc2ccccc2CN1C(=O)c1ccco1. The summed E-state index contributed by atoms with van der Waals surface area (Å²) in [5.41, 5.74) is 2.72. The van der Waals surface area contributed by atoms with Crippen LogP contribution >= 0.6 is 0 Å². The average molecular weight is 459 g/mol. The Balaban J connectivity index is 1.24. The van der Waals surface area contributed by atoms with Crippen LogP contribution in [0.3, 0.4) is 0 Å². The predicted molar refractivity (Wildman–Crippen MR) is 125 cm³/mol. The second-order valence-electron chi connectivity index (χ2n) is 9.23. The van der Waals surface area contributed by atoms with E-state index in [0.717, 1.165) is 36.8 Å². The molecule has 3 aliphatic rings. The van der Waals surface area contributed by atoms with Gasteiger partial charge in [-0.05, 0) is 48.2 Å². The zero-order chi connectivity index (χ0) is 23.1. The van der Waals surface area contributed by atoms with Crippen molar-refractivity contribution in [2.45, 2.75) is 56.9 Å². The number of amides is 2. The third-order valence-electron chi connectivity index (χ3n) is 6.96. The van der Waals surface area contributed by atoms with E-state index in [0.29, 0.717) is 30.2 Å². The maximum atomic E-state index is 13.4. The quantitative estimate of drug-likeness (QED) is 0.603. The lowest BCUT2D eigenvalue weighted by molar-refractivity contribution is -0.121. The lowest BCUT2D eigenvalue weighted by Crippen LogP contribution is -2.50. The van der Waals surface area contributed by atoms with Crippen molar-refractivity contribution in [3.8, 4) is 11.5 Å². The van der Waals surface area contributed by atoms with Gasteiger partial charge in [0.15, 0.2) is 17.3 Å². The van der Waals surface area contributed by atoms with Crippen LogP contribution in [0, 0.1) is 0 Å². The number of benzene rings is 2. The van der Waals surface area contributed by atoms with E-state index in [1.165, 1.54) is 12.7 Å². The Morgan fingerprint density at radius 2 is 1.71 bits per heavy atom. The van der Waals surface area contributed by atoms with E-state index in [1.807, 2.05) is 42.5 Å². The molecule has 7 nitrogen and oxygen atoms in total. The summed E-state index contributed by atoms with van der Waals surface area (Å²) in [4.78, 5) is 28.2. The van der Waals surface area contributed by atoms with Gasteiger partial charge in [-0.1, -0.05) is 30.7 Å². The molecule has 0 saturated heterocycles. The number of nitrogens with one attached hydrogen (secondary N) is 1. The zero-order valence-corrected chi connectivity index (χ0v) is 18.8. The Morgan fingerprint density at radius 1 is 0.912 bits per heavy atom. The molecule has 3 aromatic rings. The lowest BCUT2D eigenvalue weighted by atomic mass is 9.93. The molecule has 3 heterocycles. The number of anilines is 1. The maximum Gasteiger partial charge on any atom is 0.290 e. The van der Waals surface area contributed by atoms with Crippen LogP contribution in [0.5, 0.6) is 11.5 Å². The molecule has 2 amide bonds. The smallest absolute Gasteiger partial charge is 0.290 e. The standard InChI is InChI=1S/C27H26N2O5/c30-25(28-20-10-11-22-24(16-20)34-27(33-22)12-4-1-5-13-27)21-15-18-7-2-3-8-19(18)17-29(21)26(31)23-9-6-14-32-23/h2-3,6-11,14,16,21H,1,4-5,12-13,15,17H2,(H,28,30). The number of furan rings is 1. The maximum absolute atomic E-state index is 13.4. The van der Waals surface area contributed by atoms with Crippen LogP contribution in [0.2, 0.25) is 0 Å². The monoisotopic (exact) mass is 458 g/mol. The number of carbonyl (C=O) groups excluding carboxylic acids is 2. The summed E-state index contributed by atoms with van der Waals surface area (Å²) in [6.07, 6.45) is 7.00. The molecule has 6 rings (SSSR count). The molecule has 0 bridgehead atoms. The molecular formula is C27H26N2O5. The molecule has 1 saturated carbocycles. The molecule has 1 fully saturated rings. The molecular weight excluding hydrogens is 432 g/mol. The Bertz CT molecular complexity index is 1230. The molecule has 2 aromatic carbocycles. The summed E-state index contributed by atoms with van der Waals surface area (Å²) < 4.78 is 17.7. The minimum absolute atomic E-state index is 0.220. The number of ether oxygens (including phenoxy) is 2. The number of hydrogen-bond acceptors (Lipinski definition) is 5. The topological polar surface area (TPSA) is 81.0 Å². The van der Waals surface area contributed by atoms with Gasteiger partial charge in [0.05, 0.1) is 6.26 Å². The first-order valence-corrected chi connectivity index (χ1v) is 11.8. The van der Waals surface area contributed by atoms with E-state index in [-0.39, 0.29) is 17.6 Å². The number of carbonyl (C=O) groups is 2. The third kappa shape index (κ3) is 3.71. The van der Waals surface area contributed by atoms with Gasteiger partial charge in [-0.15, -0.1) is 0 Å². The normalized spacial score (nSPS) is 20.1. The first-order chi connectivity index (χ1) is 16.6. The predicted octanol–water partition coefficient (Wildman–Crippen LogP) is 4.92. The number of fused-ring (bicyclic) bond motifs is 2. The Labute approximate surface area is 197 Å². The van der Waals surface area contributed by atoms with Crippen molar-refractivity contribution in [1.82, 2.24) is 4.90 Å². The van der Waals surface area contributed by atoms with Gasteiger partial charge in [-0.2, -0.15) is 0 Å². The molecule has 1 atom stereocenters. The molecule has 1 spiro atoms. The summed E-state index contributed by atoms with van der Waals surface area (Å²) >= 11 is 0. The lowest BCUT2D eigenvalue weighted by Gasteiger charge is -2.35. The molecule has 174 valence electrons. The van der Waals surface area contributed by atoms with Crippen LogP contribution in [0.15, 0.2) is 65.3 Å². The van der Waals surface area contributed by atoms with Gasteiger partial charge in [0.2, 0.25) is 5.91 Å². The van der Waals surface area contributed by atoms with Gasteiger partial charge in [-0.3, -0.25) is 9.59 Å². The van der Waals surface area contributed by atoms with Crippen molar-refractivity contribution >= 4 is 17.5 Å². The van der Waals surface area contributed by atoms with Gasteiger partial charge in [0, 0.05) is 37.6 Å². The number of hydrogen-bond donors (Lipinski definition) is 1. The van der Waals surface area contributed by atoms with E-state index >= 15 is 0 Å². The zero-order valence-electron chi connectivity index (χ0n) is 18.8. The molecule has 1 N–H and O–H groups in total. The molecule has 34 heavy (non-hydrogen) atoms. The summed E-state index contributed by atoms with van der Waals surface area (Å²) in [6.45, 7) is 0.345. The van der Waals surface area contributed by atoms with Crippen molar-refractivity contribution in [3.05, 3.63) is 77.7 Å². The van der Waals surface area contributed by atoms with Crippen molar-refractivity contribution in [2.75, 3.05) is 5.32 Å². The van der Waals surface area contributed by atoms with E-state index in [1.54, 1.807) is 17.0 Å². The van der Waals surface area contributed by atoms with E-state index in [9.17, 15) is 9.59 Å². The van der Waals surface area contributed by atoms with E-state index in [2.05, 4.69) is 5.32 Å². The molecule has 1 unspecified atom stereocenters. The summed E-state index contributed by atoms with van der Waals surface area (Å²) in [6, 6.07) is 16.0. The van der Waals surface area contributed by atoms with E-state index < -0.39 is 11.8 Å². The van der Waals surface area contributed by atoms with Gasteiger partial charge >= 0.3 is 0 Å². The first-order valence-electron chi connectivity index (χ1n) is 11.8. The second kappa shape index (κ2) is 8.24. The van der Waals surface area contributed by atoms with Gasteiger partial charge < -0.3 is 24.1 Å². The van der Waals surface area contributed by atoms with Crippen LogP contribution in [0.1, 0.15) is 53.8 Å². The number of nitrogens with zero attached hydrogens (tertiary/aromatic N) is 1. The van der Waals surface area contributed by atoms with Gasteiger partial charge in [-0.25, -0.2) is 0 Å². The Kier molecular flexibility index (Phi) is 5.05.